The van der Waals surface area contributed by atoms with Crippen molar-refractivity contribution in [1.29, 1.82) is 0 Å². The number of anilines is 1. The second-order valence-corrected chi connectivity index (χ2v) is 6.09. The molecule has 20 heavy (non-hydrogen) atoms. The van der Waals surface area contributed by atoms with Gasteiger partial charge in [0.2, 0.25) is 0 Å². The zero-order valence-corrected chi connectivity index (χ0v) is 13.7. The number of nitrogen functional groups attached to an aromatic ring is 1. The molecule has 3 N–H and O–H groups in total. The van der Waals surface area contributed by atoms with E-state index in [0.29, 0.717) is 5.69 Å². The van der Waals surface area contributed by atoms with E-state index in [-0.39, 0.29) is 0 Å². The average molecular weight is 397 g/mol. The lowest BCUT2D eigenvalue weighted by molar-refractivity contribution is 0.415. The molecule has 1 heterocycles. The molecule has 0 aliphatic heterocycles. The van der Waals surface area contributed by atoms with Crippen LogP contribution in [-0.2, 0) is 0 Å². The van der Waals surface area contributed by atoms with Gasteiger partial charge in [0.15, 0.2) is 0 Å². The number of imidazole rings is 1. The van der Waals surface area contributed by atoms with E-state index in [1.807, 2.05) is 30.3 Å². The van der Waals surface area contributed by atoms with Gasteiger partial charge in [0.05, 0.1) is 23.8 Å². The Morgan fingerprint density at radius 2 is 2.00 bits per heavy atom. The van der Waals surface area contributed by atoms with Crippen LogP contribution in [0.25, 0.3) is 22.4 Å². The van der Waals surface area contributed by atoms with Crippen LogP contribution in [0.2, 0.25) is 0 Å². The summed E-state index contributed by atoms with van der Waals surface area (Å²) < 4.78 is 6.98. The third-order valence-corrected chi connectivity index (χ3v) is 4.15. The summed E-state index contributed by atoms with van der Waals surface area (Å²) in [6.45, 7) is 0. The molecule has 0 saturated carbocycles. The van der Waals surface area contributed by atoms with Crippen LogP contribution < -0.4 is 10.5 Å². The summed E-state index contributed by atoms with van der Waals surface area (Å²) in [6.07, 6.45) is 0. The van der Waals surface area contributed by atoms with E-state index in [1.54, 1.807) is 7.11 Å². The number of H-pyrrole nitrogens is 1. The first-order valence-electron chi connectivity index (χ1n) is 5.87. The number of fused-ring (bicyclic) bond motifs is 1. The molecule has 0 amide bonds. The van der Waals surface area contributed by atoms with Gasteiger partial charge in [0.25, 0.3) is 0 Å². The molecule has 0 aliphatic carbocycles. The highest BCUT2D eigenvalue weighted by atomic mass is 79.9. The minimum absolute atomic E-state index is 0.652. The van der Waals surface area contributed by atoms with Crippen molar-refractivity contribution in [3.05, 3.63) is 39.3 Å². The van der Waals surface area contributed by atoms with Gasteiger partial charge >= 0.3 is 0 Å². The van der Waals surface area contributed by atoms with Crippen molar-refractivity contribution >= 4 is 48.6 Å². The lowest BCUT2D eigenvalue weighted by atomic mass is 10.2. The maximum absolute atomic E-state index is 6.11. The standard InChI is InChI=1S/C14H11Br2N3O/c1-20-8-2-3-11-12(6-8)19-14(18-11)9-4-7(15)5-10(16)13(9)17/h2-6H,17H2,1H3,(H,18,19). The monoisotopic (exact) mass is 395 g/mol. The number of hydrogen-bond acceptors (Lipinski definition) is 3. The van der Waals surface area contributed by atoms with Crippen molar-refractivity contribution < 1.29 is 4.74 Å². The fraction of sp³-hybridized carbons (Fsp3) is 0.0714. The molecule has 3 aromatic rings. The molecule has 0 bridgehead atoms. The molecule has 0 radical (unpaired) electrons. The van der Waals surface area contributed by atoms with Gasteiger partial charge in [-0.25, -0.2) is 4.98 Å². The zero-order chi connectivity index (χ0) is 14.3. The number of nitrogens with zero attached hydrogens (tertiary/aromatic N) is 1. The van der Waals surface area contributed by atoms with Crippen LogP contribution in [0.3, 0.4) is 0 Å². The Morgan fingerprint density at radius 3 is 2.75 bits per heavy atom. The van der Waals surface area contributed by atoms with E-state index in [2.05, 4.69) is 41.8 Å². The Morgan fingerprint density at radius 1 is 1.20 bits per heavy atom. The molecule has 102 valence electrons. The van der Waals surface area contributed by atoms with Crippen molar-refractivity contribution in [3.63, 3.8) is 0 Å². The molecular formula is C14H11Br2N3O. The van der Waals surface area contributed by atoms with Crippen LogP contribution in [0.1, 0.15) is 0 Å². The quantitative estimate of drug-likeness (QED) is 0.633. The summed E-state index contributed by atoms with van der Waals surface area (Å²) in [5, 5.41) is 0. The lowest BCUT2D eigenvalue weighted by Gasteiger charge is -2.05. The van der Waals surface area contributed by atoms with Crippen molar-refractivity contribution in [1.82, 2.24) is 9.97 Å². The van der Waals surface area contributed by atoms with Crippen LogP contribution in [-0.4, -0.2) is 17.1 Å². The number of halogens is 2. The van der Waals surface area contributed by atoms with Crippen molar-refractivity contribution in [3.8, 4) is 17.1 Å². The number of nitrogens with two attached hydrogens (primary N) is 1. The molecule has 4 nitrogen and oxygen atoms in total. The van der Waals surface area contributed by atoms with E-state index >= 15 is 0 Å². The number of aromatic amines is 1. The van der Waals surface area contributed by atoms with Crippen LogP contribution in [0.5, 0.6) is 5.75 Å². The van der Waals surface area contributed by atoms with Crippen molar-refractivity contribution in [2.45, 2.75) is 0 Å². The summed E-state index contributed by atoms with van der Waals surface area (Å²) in [5.41, 5.74) is 9.39. The molecule has 2 aromatic carbocycles. The van der Waals surface area contributed by atoms with E-state index in [0.717, 1.165) is 37.1 Å². The van der Waals surface area contributed by atoms with Crippen LogP contribution in [0.15, 0.2) is 39.3 Å². The van der Waals surface area contributed by atoms with Crippen LogP contribution in [0.4, 0.5) is 5.69 Å². The Hall–Kier alpha value is -1.53. The summed E-state index contributed by atoms with van der Waals surface area (Å²) in [4.78, 5) is 7.84. The van der Waals surface area contributed by atoms with Gasteiger partial charge in [-0.15, -0.1) is 0 Å². The second kappa shape index (κ2) is 5.10. The number of ether oxygens (including phenoxy) is 1. The first-order chi connectivity index (χ1) is 9.58. The third kappa shape index (κ3) is 2.29. The normalized spacial score (nSPS) is 10.9. The zero-order valence-electron chi connectivity index (χ0n) is 10.6. The summed E-state index contributed by atoms with van der Waals surface area (Å²) in [6, 6.07) is 9.55. The molecular weight excluding hydrogens is 386 g/mol. The molecule has 0 saturated heterocycles. The molecule has 0 spiro atoms. The number of hydrogen-bond donors (Lipinski definition) is 2. The van der Waals surface area contributed by atoms with Gasteiger partial charge in [-0.3, -0.25) is 0 Å². The molecule has 0 atom stereocenters. The van der Waals surface area contributed by atoms with Crippen molar-refractivity contribution in [2.75, 3.05) is 12.8 Å². The minimum atomic E-state index is 0.652. The van der Waals surface area contributed by atoms with Gasteiger partial charge < -0.3 is 15.5 Å². The van der Waals surface area contributed by atoms with Crippen LogP contribution in [0, 0.1) is 0 Å². The average Bonchev–Trinajstić information content (AvgIpc) is 2.85. The Balaban J connectivity index is 2.20. The van der Waals surface area contributed by atoms with Gasteiger partial charge in [0.1, 0.15) is 11.6 Å². The van der Waals surface area contributed by atoms with Gasteiger partial charge in [-0.1, -0.05) is 15.9 Å². The fourth-order valence-electron chi connectivity index (χ4n) is 2.02. The second-order valence-electron chi connectivity index (χ2n) is 4.32. The third-order valence-electron chi connectivity index (χ3n) is 3.04. The topological polar surface area (TPSA) is 63.9 Å². The Labute approximate surface area is 132 Å². The Bertz CT molecular complexity index is 798. The lowest BCUT2D eigenvalue weighted by Crippen LogP contribution is -1.93. The molecule has 1 aromatic heterocycles. The van der Waals surface area contributed by atoms with Gasteiger partial charge in [0, 0.05) is 20.6 Å². The van der Waals surface area contributed by atoms with E-state index in [1.165, 1.54) is 0 Å². The number of rotatable bonds is 2. The highest BCUT2D eigenvalue weighted by Gasteiger charge is 2.12. The molecule has 0 aliphatic rings. The summed E-state index contributed by atoms with van der Waals surface area (Å²) >= 11 is 6.91. The summed E-state index contributed by atoms with van der Waals surface area (Å²) in [7, 11) is 1.64. The number of nitrogens with one attached hydrogen (secondary N) is 1. The summed E-state index contributed by atoms with van der Waals surface area (Å²) in [5.74, 6) is 1.52. The van der Waals surface area contributed by atoms with Gasteiger partial charge in [-0.05, 0) is 40.2 Å². The number of benzene rings is 2. The van der Waals surface area contributed by atoms with Gasteiger partial charge in [-0.2, -0.15) is 0 Å². The highest BCUT2D eigenvalue weighted by molar-refractivity contribution is 9.11. The highest BCUT2D eigenvalue weighted by Crippen LogP contribution is 2.35. The van der Waals surface area contributed by atoms with Crippen molar-refractivity contribution in [2.24, 2.45) is 0 Å². The van der Waals surface area contributed by atoms with E-state index in [9.17, 15) is 0 Å². The van der Waals surface area contributed by atoms with Crippen LogP contribution >= 0.6 is 31.9 Å². The predicted octanol–water partition coefficient (Wildman–Crippen LogP) is 4.35. The fourth-order valence-corrected chi connectivity index (χ4v) is 3.25. The molecule has 0 unspecified atom stereocenters. The largest absolute Gasteiger partial charge is 0.497 e. The number of aromatic nitrogens is 2. The predicted molar refractivity (Wildman–Crippen MR) is 87.9 cm³/mol. The molecule has 3 rings (SSSR count). The molecule has 0 fully saturated rings. The van der Waals surface area contributed by atoms with E-state index < -0.39 is 0 Å². The first kappa shape index (κ1) is 13.5. The molecule has 6 heteroatoms. The maximum atomic E-state index is 6.11. The first-order valence-corrected chi connectivity index (χ1v) is 7.45. The SMILES string of the molecule is COc1ccc2nc(-c3cc(Br)cc(Br)c3N)[nH]c2c1. The minimum Gasteiger partial charge on any atom is -0.497 e. The van der Waals surface area contributed by atoms with E-state index in [4.69, 9.17) is 10.5 Å². The smallest absolute Gasteiger partial charge is 0.140 e. The number of methoxy groups -OCH3 is 1. The maximum Gasteiger partial charge on any atom is 0.140 e. The Kier molecular flexibility index (Phi) is 3.43.